The van der Waals surface area contributed by atoms with Gasteiger partial charge in [0.15, 0.2) is 5.96 Å². The maximum Gasteiger partial charge on any atom is 0.241 e. The highest BCUT2D eigenvalue weighted by atomic mass is 32.2. The van der Waals surface area contributed by atoms with Crippen LogP contribution in [0.15, 0.2) is 34.2 Å². The molecule has 0 saturated heterocycles. The number of hydrogen-bond donors (Lipinski definition) is 2. The molecule has 0 spiro atoms. The van der Waals surface area contributed by atoms with Crippen molar-refractivity contribution >= 4 is 16.0 Å². The van der Waals surface area contributed by atoms with Crippen LogP contribution < -0.4 is 10.0 Å². The van der Waals surface area contributed by atoms with Gasteiger partial charge in [0.25, 0.3) is 0 Å². The summed E-state index contributed by atoms with van der Waals surface area (Å²) >= 11 is 0. The molecule has 0 aliphatic carbocycles. The minimum Gasteiger partial charge on any atom is -0.352 e. The molecule has 1 aromatic rings. The van der Waals surface area contributed by atoms with Crippen molar-refractivity contribution in [1.29, 1.82) is 0 Å². The van der Waals surface area contributed by atoms with E-state index in [1.54, 1.807) is 19.2 Å². The second kappa shape index (κ2) is 9.20. The molecule has 0 aliphatic heterocycles. The van der Waals surface area contributed by atoms with Gasteiger partial charge in [0.05, 0.1) is 4.90 Å². The van der Waals surface area contributed by atoms with Gasteiger partial charge in [-0.25, -0.2) is 13.1 Å². The molecule has 0 fully saturated rings. The van der Waals surface area contributed by atoms with E-state index in [1.807, 2.05) is 44.9 Å². The third kappa shape index (κ3) is 7.04. The maximum atomic E-state index is 12.7. The molecule has 0 radical (unpaired) electrons. The van der Waals surface area contributed by atoms with Crippen LogP contribution in [0, 0.1) is 0 Å². The lowest BCUT2D eigenvalue weighted by atomic mass is 10.1. The molecular weight excluding hydrogens is 336 g/mol. The van der Waals surface area contributed by atoms with Gasteiger partial charge in [-0.05, 0) is 38.8 Å². The lowest BCUT2D eigenvalue weighted by Crippen LogP contribution is -2.41. The summed E-state index contributed by atoms with van der Waals surface area (Å²) in [6.45, 7) is 8.93. The second-order valence-corrected chi connectivity index (χ2v) is 8.79. The Hall–Kier alpha value is -1.60. The van der Waals surface area contributed by atoms with Crippen LogP contribution in [0.4, 0.5) is 0 Å². The number of nitrogens with one attached hydrogen (secondary N) is 2. The first kappa shape index (κ1) is 21.4. The Balaban J connectivity index is 2.94. The van der Waals surface area contributed by atoms with E-state index in [4.69, 9.17) is 0 Å². The molecule has 0 amide bonds. The Morgan fingerprint density at radius 3 is 2.44 bits per heavy atom. The van der Waals surface area contributed by atoms with Crippen LogP contribution in [0.3, 0.4) is 0 Å². The van der Waals surface area contributed by atoms with Crippen molar-refractivity contribution in [3.8, 4) is 0 Å². The highest BCUT2D eigenvalue weighted by Gasteiger charge is 2.24. The molecule has 0 heterocycles. The minimum atomic E-state index is -3.58. The van der Waals surface area contributed by atoms with Crippen LogP contribution in [0.25, 0.3) is 0 Å². The van der Waals surface area contributed by atoms with E-state index in [9.17, 15) is 8.42 Å². The molecule has 1 aromatic carbocycles. The fraction of sp³-hybridized carbons (Fsp3) is 0.611. The first-order valence-electron chi connectivity index (χ1n) is 8.64. The van der Waals surface area contributed by atoms with Crippen LogP contribution in [-0.4, -0.2) is 45.5 Å². The lowest BCUT2D eigenvalue weighted by Gasteiger charge is -2.23. The van der Waals surface area contributed by atoms with Crippen LogP contribution >= 0.6 is 0 Å². The lowest BCUT2D eigenvalue weighted by molar-refractivity contribution is 0.464. The minimum absolute atomic E-state index is 0.295. The van der Waals surface area contributed by atoms with Gasteiger partial charge in [-0.1, -0.05) is 31.5 Å². The fourth-order valence-electron chi connectivity index (χ4n) is 2.43. The number of rotatable bonds is 7. The number of benzene rings is 1. The molecule has 7 heteroatoms. The zero-order valence-corrected chi connectivity index (χ0v) is 17.1. The van der Waals surface area contributed by atoms with Crippen molar-refractivity contribution in [3.63, 3.8) is 0 Å². The Kier molecular flexibility index (Phi) is 7.89. The Bertz CT molecular complexity index is 679. The van der Waals surface area contributed by atoms with Gasteiger partial charge in [-0.15, -0.1) is 0 Å². The van der Waals surface area contributed by atoms with Crippen LogP contribution in [0.1, 0.15) is 46.1 Å². The Morgan fingerprint density at radius 1 is 1.24 bits per heavy atom. The van der Waals surface area contributed by atoms with Crippen LogP contribution in [0.2, 0.25) is 0 Å². The topological polar surface area (TPSA) is 73.8 Å². The molecule has 25 heavy (non-hydrogen) atoms. The normalized spacial score (nSPS) is 13.0. The van der Waals surface area contributed by atoms with Gasteiger partial charge in [0.1, 0.15) is 0 Å². The third-order valence-corrected chi connectivity index (χ3v) is 5.42. The van der Waals surface area contributed by atoms with Crippen molar-refractivity contribution < 1.29 is 8.42 Å². The monoisotopic (exact) mass is 368 g/mol. The molecule has 2 N–H and O–H groups in total. The molecule has 0 atom stereocenters. The van der Waals surface area contributed by atoms with E-state index < -0.39 is 15.6 Å². The standard InChI is InChI=1S/C18H32N4O2S/c1-7-8-13-22(6)17(19-5)20-14-15-11-9-10-12-16(15)25(23,24)21-18(2,3)4/h9-12,21H,7-8,13-14H2,1-6H3,(H,19,20). The van der Waals surface area contributed by atoms with E-state index in [1.165, 1.54) is 0 Å². The molecule has 142 valence electrons. The number of guanidine groups is 1. The summed E-state index contributed by atoms with van der Waals surface area (Å²) in [5.74, 6) is 0.754. The summed E-state index contributed by atoms with van der Waals surface area (Å²) in [7, 11) is 0.131. The number of unbranched alkanes of at least 4 members (excludes halogenated alkanes) is 1. The van der Waals surface area contributed by atoms with Crippen molar-refractivity contribution in [2.24, 2.45) is 4.99 Å². The summed E-state index contributed by atoms with van der Waals surface area (Å²) in [6, 6.07) is 7.04. The quantitative estimate of drug-likeness (QED) is 0.573. The van der Waals surface area contributed by atoms with Gasteiger partial charge in [0, 0.05) is 32.7 Å². The predicted octanol–water partition coefficient (Wildman–Crippen LogP) is 2.57. The maximum absolute atomic E-state index is 12.7. The van der Waals surface area contributed by atoms with Crippen LogP contribution in [0.5, 0.6) is 0 Å². The average molecular weight is 369 g/mol. The molecular formula is C18H32N4O2S. The van der Waals surface area contributed by atoms with E-state index in [2.05, 4.69) is 22.0 Å². The van der Waals surface area contributed by atoms with Gasteiger partial charge in [0.2, 0.25) is 10.0 Å². The SMILES string of the molecule is CCCCN(C)C(=NC)NCc1ccccc1S(=O)(=O)NC(C)(C)C. The largest absolute Gasteiger partial charge is 0.352 e. The number of hydrogen-bond acceptors (Lipinski definition) is 3. The van der Waals surface area contributed by atoms with Gasteiger partial charge in [-0.3, -0.25) is 4.99 Å². The number of aliphatic imine (C=N–C) groups is 1. The van der Waals surface area contributed by atoms with Crippen molar-refractivity contribution in [1.82, 2.24) is 14.9 Å². The molecule has 0 bridgehead atoms. The summed E-state index contributed by atoms with van der Waals surface area (Å²) in [5, 5.41) is 3.25. The smallest absolute Gasteiger partial charge is 0.241 e. The first-order valence-corrected chi connectivity index (χ1v) is 10.1. The molecule has 0 aromatic heterocycles. The summed E-state index contributed by atoms with van der Waals surface area (Å²) in [6.07, 6.45) is 2.19. The Labute approximate surface area is 152 Å². The summed E-state index contributed by atoms with van der Waals surface area (Å²) in [4.78, 5) is 6.62. The van der Waals surface area contributed by atoms with Gasteiger partial charge in [-0.2, -0.15) is 0 Å². The molecule has 1 rings (SSSR count). The van der Waals surface area contributed by atoms with E-state index in [0.717, 1.165) is 25.3 Å². The highest BCUT2D eigenvalue weighted by Crippen LogP contribution is 2.17. The summed E-state index contributed by atoms with van der Waals surface area (Å²) in [5.41, 5.74) is 0.180. The second-order valence-electron chi connectivity index (χ2n) is 7.14. The van der Waals surface area contributed by atoms with Crippen molar-refractivity contribution in [2.45, 2.75) is 57.5 Å². The first-order chi connectivity index (χ1) is 11.6. The van der Waals surface area contributed by atoms with E-state index >= 15 is 0 Å². The predicted molar refractivity (Wildman–Crippen MR) is 104 cm³/mol. The van der Waals surface area contributed by atoms with E-state index in [-0.39, 0.29) is 0 Å². The van der Waals surface area contributed by atoms with Gasteiger partial charge >= 0.3 is 0 Å². The molecule has 0 unspecified atom stereocenters. The number of nitrogens with zero attached hydrogens (tertiary/aromatic N) is 2. The Morgan fingerprint density at radius 2 is 1.88 bits per heavy atom. The fourth-order valence-corrected chi connectivity index (χ4v) is 4.09. The molecule has 0 aliphatic rings. The summed E-state index contributed by atoms with van der Waals surface area (Å²) < 4.78 is 28.1. The van der Waals surface area contributed by atoms with Crippen molar-refractivity contribution in [3.05, 3.63) is 29.8 Å². The van der Waals surface area contributed by atoms with Gasteiger partial charge < -0.3 is 10.2 Å². The van der Waals surface area contributed by atoms with Crippen LogP contribution in [-0.2, 0) is 16.6 Å². The zero-order chi connectivity index (χ0) is 19.1. The highest BCUT2D eigenvalue weighted by molar-refractivity contribution is 7.89. The van der Waals surface area contributed by atoms with Crippen molar-refractivity contribution in [2.75, 3.05) is 20.6 Å². The third-order valence-electron chi connectivity index (χ3n) is 3.56. The molecule has 6 nitrogen and oxygen atoms in total. The molecule has 0 saturated carbocycles. The average Bonchev–Trinajstić information content (AvgIpc) is 2.51. The number of sulfonamides is 1. The van der Waals surface area contributed by atoms with E-state index in [0.29, 0.717) is 17.0 Å². The zero-order valence-electron chi connectivity index (χ0n) is 16.3.